The standard InChI is InChI=1S/C23H24N2O4S/c1-15-11-16(2)13-19(12-15)24-23(26)18-6-5-17(3)22(14-18)25-30(27,28)21-9-7-20(29-4)8-10-21/h5-14,25H,1-4H3,(H,24,26). The molecule has 0 atom stereocenters. The van der Waals surface area contributed by atoms with E-state index in [1.165, 1.54) is 25.3 Å². The van der Waals surface area contributed by atoms with Crippen LogP contribution >= 0.6 is 0 Å². The number of methoxy groups -OCH3 is 1. The van der Waals surface area contributed by atoms with E-state index < -0.39 is 10.0 Å². The van der Waals surface area contributed by atoms with Gasteiger partial charge in [-0.25, -0.2) is 8.42 Å². The van der Waals surface area contributed by atoms with E-state index in [4.69, 9.17) is 4.74 Å². The smallest absolute Gasteiger partial charge is 0.261 e. The lowest BCUT2D eigenvalue weighted by atomic mass is 10.1. The molecule has 1 amide bonds. The van der Waals surface area contributed by atoms with Crippen molar-refractivity contribution in [3.8, 4) is 5.75 Å². The number of benzene rings is 3. The van der Waals surface area contributed by atoms with E-state index in [-0.39, 0.29) is 10.8 Å². The molecule has 3 aromatic rings. The number of amides is 1. The average molecular weight is 425 g/mol. The second kappa shape index (κ2) is 8.59. The van der Waals surface area contributed by atoms with E-state index in [9.17, 15) is 13.2 Å². The van der Waals surface area contributed by atoms with Gasteiger partial charge in [-0.2, -0.15) is 0 Å². The van der Waals surface area contributed by atoms with Gasteiger partial charge in [0.2, 0.25) is 0 Å². The Morgan fingerprint density at radius 2 is 1.50 bits per heavy atom. The fourth-order valence-electron chi connectivity index (χ4n) is 3.08. The first-order valence-corrected chi connectivity index (χ1v) is 10.8. The van der Waals surface area contributed by atoms with Crippen molar-refractivity contribution < 1.29 is 17.9 Å². The highest BCUT2D eigenvalue weighted by Crippen LogP contribution is 2.23. The third-order valence-electron chi connectivity index (χ3n) is 4.59. The van der Waals surface area contributed by atoms with Gasteiger partial charge in [-0.15, -0.1) is 0 Å². The summed E-state index contributed by atoms with van der Waals surface area (Å²) in [6, 6.07) is 16.8. The van der Waals surface area contributed by atoms with Crippen LogP contribution in [0.3, 0.4) is 0 Å². The molecule has 0 aromatic heterocycles. The van der Waals surface area contributed by atoms with Gasteiger partial charge >= 0.3 is 0 Å². The van der Waals surface area contributed by atoms with Gasteiger partial charge in [0.15, 0.2) is 0 Å². The molecule has 0 aliphatic heterocycles. The largest absolute Gasteiger partial charge is 0.497 e. The first-order chi connectivity index (χ1) is 14.2. The van der Waals surface area contributed by atoms with Crippen molar-refractivity contribution in [1.29, 1.82) is 0 Å². The topological polar surface area (TPSA) is 84.5 Å². The Morgan fingerprint density at radius 3 is 2.10 bits per heavy atom. The van der Waals surface area contributed by atoms with Crippen molar-refractivity contribution in [2.75, 3.05) is 17.1 Å². The summed E-state index contributed by atoms with van der Waals surface area (Å²) >= 11 is 0. The quantitative estimate of drug-likeness (QED) is 0.602. The normalized spacial score (nSPS) is 11.1. The number of carbonyl (C=O) groups is 1. The van der Waals surface area contributed by atoms with Crippen LogP contribution in [0.15, 0.2) is 65.6 Å². The highest BCUT2D eigenvalue weighted by Gasteiger charge is 2.17. The minimum atomic E-state index is -3.81. The fraction of sp³-hybridized carbons (Fsp3) is 0.174. The zero-order chi connectivity index (χ0) is 21.9. The molecule has 3 aromatic carbocycles. The van der Waals surface area contributed by atoms with Crippen molar-refractivity contribution in [3.63, 3.8) is 0 Å². The van der Waals surface area contributed by atoms with Crippen molar-refractivity contribution in [2.45, 2.75) is 25.7 Å². The fourth-order valence-corrected chi connectivity index (χ4v) is 4.20. The molecule has 30 heavy (non-hydrogen) atoms. The Hall–Kier alpha value is -3.32. The number of anilines is 2. The molecule has 156 valence electrons. The van der Waals surface area contributed by atoms with Crippen molar-refractivity contribution >= 4 is 27.3 Å². The van der Waals surface area contributed by atoms with Crippen LogP contribution in [-0.4, -0.2) is 21.4 Å². The summed E-state index contributed by atoms with van der Waals surface area (Å²) < 4.78 is 33.1. The summed E-state index contributed by atoms with van der Waals surface area (Å²) in [5.74, 6) is 0.250. The molecular weight excluding hydrogens is 400 g/mol. The summed E-state index contributed by atoms with van der Waals surface area (Å²) in [5.41, 5.74) is 4.18. The highest BCUT2D eigenvalue weighted by atomic mass is 32.2. The van der Waals surface area contributed by atoms with Crippen LogP contribution in [-0.2, 0) is 10.0 Å². The molecular formula is C23H24N2O4S. The van der Waals surface area contributed by atoms with Crippen LogP contribution in [0.1, 0.15) is 27.0 Å². The monoisotopic (exact) mass is 424 g/mol. The maximum Gasteiger partial charge on any atom is 0.261 e. The van der Waals surface area contributed by atoms with Crippen molar-refractivity contribution in [3.05, 3.63) is 82.9 Å². The van der Waals surface area contributed by atoms with Gasteiger partial charge in [0, 0.05) is 11.3 Å². The molecule has 0 bridgehead atoms. The van der Waals surface area contributed by atoms with Gasteiger partial charge in [-0.05, 0) is 86.0 Å². The average Bonchev–Trinajstić information content (AvgIpc) is 2.68. The van der Waals surface area contributed by atoms with Gasteiger partial charge in [0.1, 0.15) is 5.75 Å². The SMILES string of the molecule is COc1ccc(S(=O)(=O)Nc2cc(C(=O)Nc3cc(C)cc(C)c3)ccc2C)cc1. The van der Waals surface area contributed by atoms with E-state index in [0.717, 1.165) is 11.1 Å². The van der Waals surface area contributed by atoms with Crippen molar-refractivity contribution in [2.24, 2.45) is 0 Å². The molecule has 0 radical (unpaired) electrons. The Kier molecular flexibility index (Phi) is 6.12. The van der Waals surface area contributed by atoms with Crippen LogP contribution in [0.25, 0.3) is 0 Å². The summed E-state index contributed by atoms with van der Waals surface area (Å²) in [4.78, 5) is 12.8. The Bertz CT molecular complexity index is 1170. The van der Waals surface area contributed by atoms with E-state index in [1.54, 1.807) is 31.2 Å². The number of hydrogen-bond acceptors (Lipinski definition) is 4. The van der Waals surface area contributed by atoms with Gasteiger partial charge in [-0.1, -0.05) is 12.1 Å². The second-order valence-corrected chi connectivity index (χ2v) is 8.82. The van der Waals surface area contributed by atoms with Crippen LogP contribution in [0.2, 0.25) is 0 Å². The third-order valence-corrected chi connectivity index (χ3v) is 5.97. The highest BCUT2D eigenvalue weighted by molar-refractivity contribution is 7.92. The molecule has 0 spiro atoms. The number of aryl methyl sites for hydroxylation is 3. The maximum atomic E-state index is 12.7. The van der Waals surface area contributed by atoms with Gasteiger partial charge in [0.25, 0.3) is 15.9 Å². The molecule has 0 unspecified atom stereocenters. The van der Waals surface area contributed by atoms with Crippen LogP contribution < -0.4 is 14.8 Å². The summed E-state index contributed by atoms with van der Waals surface area (Å²) in [5, 5.41) is 2.86. The minimum Gasteiger partial charge on any atom is -0.497 e. The molecule has 0 saturated heterocycles. The second-order valence-electron chi connectivity index (χ2n) is 7.14. The number of sulfonamides is 1. The molecule has 3 rings (SSSR count). The summed E-state index contributed by atoms with van der Waals surface area (Å²) in [6.45, 7) is 5.69. The molecule has 0 fully saturated rings. The molecule has 6 nitrogen and oxygen atoms in total. The predicted molar refractivity (Wildman–Crippen MR) is 119 cm³/mol. The lowest BCUT2D eigenvalue weighted by molar-refractivity contribution is 0.102. The first kappa shape index (κ1) is 21.4. The Labute approximate surface area is 177 Å². The molecule has 0 heterocycles. The van der Waals surface area contributed by atoms with Crippen LogP contribution in [0.5, 0.6) is 5.75 Å². The van der Waals surface area contributed by atoms with Crippen molar-refractivity contribution in [1.82, 2.24) is 0 Å². The number of nitrogens with one attached hydrogen (secondary N) is 2. The van der Waals surface area contributed by atoms with E-state index in [1.807, 2.05) is 32.0 Å². The lowest BCUT2D eigenvalue weighted by Gasteiger charge is -2.13. The van der Waals surface area contributed by atoms with Crippen LogP contribution in [0.4, 0.5) is 11.4 Å². The summed E-state index contributed by atoms with van der Waals surface area (Å²) in [7, 11) is -2.30. The lowest BCUT2D eigenvalue weighted by Crippen LogP contribution is -2.16. The number of carbonyl (C=O) groups excluding carboxylic acids is 1. The number of hydrogen-bond donors (Lipinski definition) is 2. The van der Waals surface area contributed by atoms with E-state index in [0.29, 0.717) is 28.3 Å². The number of rotatable bonds is 6. The van der Waals surface area contributed by atoms with E-state index in [2.05, 4.69) is 10.0 Å². The zero-order valence-corrected chi connectivity index (χ0v) is 18.1. The predicted octanol–water partition coefficient (Wildman–Crippen LogP) is 4.67. The minimum absolute atomic E-state index is 0.104. The maximum absolute atomic E-state index is 12.7. The Balaban J connectivity index is 1.84. The first-order valence-electron chi connectivity index (χ1n) is 9.35. The molecule has 0 aliphatic rings. The van der Waals surface area contributed by atoms with Gasteiger partial charge < -0.3 is 10.1 Å². The summed E-state index contributed by atoms with van der Waals surface area (Å²) in [6.07, 6.45) is 0. The number of ether oxygens (including phenoxy) is 1. The molecule has 2 N–H and O–H groups in total. The molecule has 7 heteroatoms. The molecule has 0 saturated carbocycles. The van der Waals surface area contributed by atoms with E-state index >= 15 is 0 Å². The molecule has 0 aliphatic carbocycles. The third kappa shape index (κ3) is 4.99. The zero-order valence-electron chi connectivity index (χ0n) is 17.3. The van der Waals surface area contributed by atoms with Gasteiger partial charge in [-0.3, -0.25) is 9.52 Å². The Morgan fingerprint density at radius 1 is 0.867 bits per heavy atom. The van der Waals surface area contributed by atoms with Gasteiger partial charge in [0.05, 0.1) is 17.7 Å². The van der Waals surface area contributed by atoms with Crippen LogP contribution in [0, 0.1) is 20.8 Å².